The Balaban J connectivity index is 1.78. The fourth-order valence-electron chi connectivity index (χ4n) is 3.62. The monoisotopic (exact) mass is 267 g/mol. The Morgan fingerprint density at radius 1 is 1.21 bits per heavy atom. The molecule has 0 amide bonds. The summed E-state index contributed by atoms with van der Waals surface area (Å²) in [4.78, 5) is 5.23. The predicted octanol–water partition coefficient (Wildman–Crippen LogP) is 2.04. The summed E-state index contributed by atoms with van der Waals surface area (Å²) >= 11 is 0. The highest BCUT2D eigenvalue weighted by Gasteiger charge is 2.28. The van der Waals surface area contributed by atoms with Gasteiger partial charge in [-0.3, -0.25) is 4.90 Å². The van der Waals surface area contributed by atoms with E-state index in [0.717, 1.165) is 17.9 Å². The van der Waals surface area contributed by atoms with Crippen LogP contribution in [-0.4, -0.2) is 61.7 Å². The molecule has 2 saturated heterocycles. The fraction of sp³-hybridized carbons (Fsp3) is 1.00. The van der Waals surface area contributed by atoms with Crippen LogP contribution in [0.4, 0.5) is 0 Å². The molecule has 1 N–H and O–H groups in total. The van der Waals surface area contributed by atoms with Crippen molar-refractivity contribution in [3.63, 3.8) is 0 Å². The van der Waals surface area contributed by atoms with E-state index < -0.39 is 0 Å². The minimum absolute atomic E-state index is 0.660. The first-order chi connectivity index (χ1) is 9.06. The summed E-state index contributed by atoms with van der Waals surface area (Å²) in [5.74, 6) is 1.73. The fourth-order valence-corrected chi connectivity index (χ4v) is 3.62. The van der Waals surface area contributed by atoms with E-state index in [9.17, 15) is 0 Å². The van der Waals surface area contributed by atoms with E-state index in [2.05, 4.69) is 42.9 Å². The molecule has 0 bridgehead atoms. The maximum absolute atomic E-state index is 3.64. The molecule has 0 aromatic heterocycles. The molecule has 0 radical (unpaired) electrons. The maximum atomic E-state index is 3.64. The zero-order valence-electron chi connectivity index (χ0n) is 13.4. The minimum Gasteiger partial charge on any atom is -0.311 e. The zero-order chi connectivity index (χ0) is 13.8. The van der Waals surface area contributed by atoms with Crippen molar-refractivity contribution >= 4 is 0 Å². The van der Waals surface area contributed by atoms with Gasteiger partial charge in [-0.2, -0.15) is 0 Å². The van der Waals surface area contributed by atoms with Gasteiger partial charge < -0.3 is 10.2 Å². The van der Waals surface area contributed by atoms with Crippen LogP contribution in [0.5, 0.6) is 0 Å². The summed E-state index contributed by atoms with van der Waals surface area (Å²) < 4.78 is 0. The lowest BCUT2D eigenvalue weighted by atomic mass is 9.92. The molecule has 2 heterocycles. The van der Waals surface area contributed by atoms with Gasteiger partial charge in [0.05, 0.1) is 0 Å². The number of nitrogens with one attached hydrogen (secondary N) is 1. The van der Waals surface area contributed by atoms with Gasteiger partial charge in [0.1, 0.15) is 0 Å². The van der Waals surface area contributed by atoms with Crippen molar-refractivity contribution in [3.8, 4) is 0 Å². The first kappa shape index (κ1) is 15.3. The summed E-state index contributed by atoms with van der Waals surface area (Å²) in [6.45, 7) is 13.4. The van der Waals surface area contributed by atoms with Crippen molar-refractivity contribution in [2.24, 2.45) is 11.8 Å². The lowest BCUT2D eigenvalue weighted by Gasteiger charge is -2.42. The third kappa shape index (κ3) is 4.44. The van der Waals surface area contributed by atoms with Gasteiger partial charge in [-0.05, 0) is 64.7 Å². The van der Waals surface area contributed by atoms with Gasteiger partial charge in [0, 0.05) is 25.2 Å². The zero-order valence-corrected chi connectivity index (χ0v) is 13.4. The molecule has 0 saturated carbocycles. The first-order valence-corrected chi connectivity index (χ1v) is 8.22. The molecule has 0 aliphatic carbocycles. The van der Waals surface area contributed by atoms with E-state index in [0.29, 0.717) is 6.04 Å². The Morgan fingerprint density at radius 2 is 1.89 bits per heavy atom. The summed E-state index contributed by atoms with van der Waals surface area (Å²) in [6.07, 6.45) is 4.22. The topological polar surface area (TPSA) is 18.5 Å². The Morgan fingerprint density at radius 3 is 2.53 bits per heavy atom. The predicted molar refractivity (Wildman–Crippen MR) is 82.5 cm³/mol. The highest BCUT2D eigenvalue weighted by Crippen LogP contribution is 2.22. The van der Waals surface area contributed by atoms with Gasteiger partial charge in [-0.1, -0.05) is 13.8 Å². The second kappa shape index (κ2) is 7.05. The van der Waals surface area contributed by atoms with Crippen molar-refractivity contribution in [3.05, 3.63) is 0 Å². The van der Waals surface area contributed by atoms with E-state index >= 15 is 0 Å². The normalized spacial score (nSPS) is 32.1. The van der Waals surface area contributed by atoms with Crippen LogP contribution in [0.2, 0.25) is 0 Å². The van der Waals surface area contributed by atoms with Crippen LogP contribution in [0.3, 0.4) is 0 Å². The molecular formula is C16H33N3. The summed E-state index contributed by atoms with van der Waals surface area (Å²) in [5, 5.41) is 3.64. The lowest BCUT2D eigenvalue weighted by molar-refractivity contribution is 0.0898. The standard InChI is InChI=1S/C16H33N3/c1-13(2)16-11-17-14(3)12-19(16)10-7-15-5-8-18(4)9-6-15/h13-17H,5-12H2,1-4H3. The second-order valence-electron chi connectivity index (χ2n) is 7.15. The molecule has 0 spiro atoms. The molecule has 2 atom stereocenters. The van der Waals surface area contributed by atoms with Crippen molar-refractivity contribution in [1.82, 2.24) is 15.1 Å². The maximum Gasteiger partial charge on any atom is 0.0244 e. The molecule has 112 valence electrons. The highest BCUT2D eigenvalue weighted by atomic mass is 15.2. The van der Waals surface area contributed by atoms with Crippen LogP contribution < -0.4 is 5.32 Å². The molecule has 3 nitrogen and oxygen atoms in total. The summed E-state index contributed by atoms with van der Waals surface area (Å²) in [6, 6.07) is 1.40. The molecule has 2 aliphatic heterocycles. The largest absolute Gasteiger partial charge is 0.311 e. The number of hydrogen-bond acceptors (Lipinski definition) is 3. The molecule has 2 fully saturated rings. The van der Waals surface area contributed by atoms with Gasteiger partial charge >= 0.3 is 0 Å². The van der Waals surface area contributed by atoms with Gasteiger partial charge in [-0.25, -0.2) is 0 Å². The number of nitrogens with zero attached hydrogens (tertiary/aromatic N) is 2. The Labute approximate surface area is 119 Å². The Hall–Kier alpha value is -0.120. The minimum atomic E-state index is 0.660. The smallest absolute Gasteiger partial charge is 0.0244 e. The van der Waals surface area contributed by atoms with Crippen LogP contribution >= 0.6 is 0 Å². The molecule has 19 heavy (non-hydrogen) atoms. The molecule has 0 aromatic rings. The molecule has 2 unspecified atom stereocenters. The van der Waals surface area contributed by atoms with Gasteiger partial charge in [0.2, 0.25) is 0 Å². The van der Waals surface area contributed by atoms with Crippen LogP contribution in [-0.2, 0) is 0 Å². The molecule has 2 aliphatic rings. The SMILES string of the molecule is CC1CN(CCC2CCN(C)CC2)C(C(C)C)CN1. The second-order valence-corrected chi connectivity index (χ2v) is 7.15. The summed E-state index contributed by atoms with van der Waals surface area (Å²) in [5.41, 5.74) is 0. The molecule has 0 aromatic carbocycles. The highest BCUT2D eigenvalue weighted by molar-refractivity contribution is 4.86. The summed E-state index contributed by atoms with van der Waals surface area (Å²) in [7, 11) is 2.25. The van der Waals surface area contributed by atoms with E-state index in [4.69, 9.17) is 0 Å². The number of piperidine rings is 1. The van der Waals surface area contributed by atoms with Crippen LogP contribution in [0.25, 0.3) is 0 Å². The first-order valence-electron chi connectivity index (χ1n) is 8.22. The Kier molecular flexibility index (Phi) is 5.67. The van der Waals surface area contributed by atoms with Crippen molar-refractivity contribution in [1.29, 1.82) is 0 Å². The number of piperazine rings is 1. The number of rotatable bonds is 4. The third-order valence-corrected chi connectivity index (χ3v) is 5.09. The van der Waals surface area contributed by atoms with Gasteiger partial charge in [0.15, 0.2) is 0 Å². The van der Waals surface area contributed by atoms with Crippen LogP contribution in [0, 0.1) is 11.8 Å². The van der Waals surface area contributed by atoms with Crippen molar-refractivity contribution in [2.45, 2.75) is 52.1 Å². The van der Waals surface area contributed by atoms with Crippen molar-refractivity contribution in [2.75, 3.05) is 39.8 Å². The average molecular weight is 267 g/mol. The average Bonchev–Trinajstić information content (AvgIpc) is 2.38. The third-order valence-electron chi connectivity index (χ3n) is 5.09. The van der Waals surface area contributed by atoms with Gasteiger partial charge in [-0.15, -0.1) is 0 Å². The van der Waals surface area contributed by atoms with Crippen LogP contribution in [0.1, 0.15) is 40.0 Å². The van der Waals surface area contributed by atoms with Gasteiger partial charge in [0.25, 0.3) is 0 Å². The number of likely N-dealkylation sites (tertiary alicyclic amines) is 1. The molecular weight excluding hydrogens is 234 g/mol. The molecule has 2 rings (SSSR count). The van der Waals surface area contributed by atoms with E-state index in [1.54, 1.807) is 0 Å². The van der Waals surface area contributed by atoms with E-state index in [1.165, 1.54) is 52.0 Å². The van der Waals surface area contributed by atoms with E-state index in [-0.39, 0.29) is 0 Å². The molecule has 3 heteroatoms. The lowest BCUT2D eigenvalue weighted by Crippen LogP contribution is -2.57. The Bertz CT molecular complexity index is 259. The van der Waals surface area contributed by atoms with Crippen molar-refractivity contribution < 1.29 is 0 Å². The van der Waals surface area contributed by atoms with Crippen LogP contribution in [0.15, 0.2) is 0 Å². The quantitative estimate of drug-likeness (QED) is 0.841. The van der Waals surface area contributed by atoms with E-state index in [1.807, 2.05) is 0 Å². The number of hydrogen-bond donors (Lipinski definition) is 1.